The Balaban J connectivity index is 2.08. The number of esters is 1. The molecule has 1 amide bonds. The van der Waals surface area contributed by atoms with Gasteiger partial charge in [-0.2, -0.15) is 0 Å². The third-order valence-corrected chi connectivity index (χ3v) is 2.67. The standard InChI is InChI=1S/C13H14N4O3/c1-20-13(19)11(6-9-7-14-8-16-9)17-12(18)10-4-2-3-5-15-10/h2-5,7-8,11H,6H2,1H3,(H,14,16)(H,17,18). The van der Waals surface area contributed by atoms with E-state index in [1.54, 1.807) is 24.4 Å². The quantitative estimate of drug-likeness (QED) is 0.765. The fourth-order valence-corrected chi connectivity index (χ4v) is 1.68. The summed E-state index contributed by atoms with van der Waals surface area (Å²) in [6, 6.07) is 4.18. The van der Waals surface area contributed by atoms with Gasteiger partial charge in [0.05, 0.1) is 13.4 Å². The van der Waals surface area contributed by atoms with E-state index < -0.39 is 17.9 Å². The molecule has 0 radical (unpaired) electrons. The van der Waals surface area contributed by atoms with Gasteiger partial charge in [-0.05, 0) is 12.1 Å². The number of aromatic nitrogens is 3. The van der Waals surface area contributed by atoms with Crippen LogP contribution >= 0.6 is 0 Å². The predicted octanol–water partition coefficient (Wildman–Crippen LogP) is 0.319. The lowest BCUT2D eigenvalue weighted by Crippen LogP contribution is -2.43. The van der Waals surface area contributed by atoms with Crippen LogP contribution in [0, 0.1) is 0 Å². The number of hydrogen-bond donors (Lipinski definition) is 2. The third kappa shape index (κ3) is 3.41. The van der Waals surface area contributed by atoms with Crippen molar-refractivity contribution >= 4 is 11.9 Å². The van der Waals surface area contributed by atoms with E-state index in [4.69, 9.17) is 0 Å². The SMILES string of the molecule is COC(=O)C(Cc1cnc[nH]1)NC(=O)c1ccccn1. The molecule has 2 heterocycles. The number of aromatic amines is 1. The summed E-state index contributed by atoms with van der Waals surface area (Å²) in [4.78, 5) is 34.4. The van der Waals surface area contributed by atoms with E-state index in [1.165, 1.54) is 19.6 Å². The first kappa shape index (κ1) is 13.7. The molecule has 0 bridgehead atoms. The molecular formula is C13H14N4O3. The van der Waals surface area contributed by atoms with Gasteiger partial charge >= 0.3 is 5.97 Å². The number of nitrogens with one attached hydrogen (secondary N) is 2. The Labute approximate surface area is 115 Å². The van der Waals surface area contributed by atoms with Crippen LogP contribution in [0.1, 0.15) is 16.2 Å². The minimum Gasteiger partial charge on any atom is -0.467 e. The summed E-state index contributed by atoms with van der Waals surface area (Å²) in [6.07, 6.45) is 4.87. The van der Waals surface area contributed by atoms with Crippen molar-refractivity contribution in [3.05, 3.63) is 48.3 Å². The third-order valence-electron chi connectivity index (χ3n) is 2.67. The van der Waals surface area contributed by atoms with Crippen LogP contribution in [0.15, 0.2) is 36.9 Å². The molecule has 7 heteroatoms. The molecule has 104 valence electrons. The average Bonchev–Trinajstić information content (AvgIpc) is 2.99. The lowest BCUT2D eigenvalue weighted by Gasteiger charge is -2.15. The summed E-state index contributed by atoms with van der Waals surface area (Å²) >= 11 is 0. The monoisotopic (exact) mass is 274 g/mol. The summed E-state index contributed by atoms with van der Waals surface area (Å²) in [5.41, 5.74) is 0.965. The molecule has 0 saturated carbocycles. The second-order valence-corrected chi connectivity index (χ2v) is 4.05. The molecule has 2 aromatic heterocycles. The van der Waals surface area contributed by atoms with Crippen molar-refractivity contribution in [3.8, 4) is 0 Å². The highest BCUT2D eigenvalue weighted by atomic mass is 16.5. The van der Waals surface area contributed by atoms with E-state index in [2.05, 4.69) is 25.0 Å². The number of ether oxygens (including phenoxy) is 1. The lowest BCUT2D eigenvalue weighted by atomic mass is 10.1. The maximum absolute atomic E-state index is 12.0. The second kappa shape index (κ2) is 6.46. The van der Waals surface area contributed by atoms with Crippen LogP contribution < -0.4 is 5.32 Å². The number of H-pyrrole nitrogens is 1. The minimum atomic E-state index is -0.796. The molecule has 0 fully saturated rings. The van der Waals surface area contributed by atoms with Gasteiger partial charge in [0.2, 0.25) is 0 Å². The maximum atomic E-state index is 12.0. The fourth-order valence-electron chi connectivity index (χ4n) is 1.68. The normalized spacial score (nSPS) is 11.7. The van der Waals surface area contributed by atoms with E-state index in [0.29, 0.717) is 0 Å². The van der Waals surface area contributed by atoms with Crippen LogP contribution in [0.5, 0.6) is 0 Å². The van der Waals surface area contributed by atoms with E-state index in [1.807, 2.05) is 0 Å². The number of nitrogens with zero attached hydrogens (tertiary/aromatic N) is 2. The molecule has 7 nitrogen and oxygen atoms in total. The first-order valence-corrected chi connectivity index (χ1v) is 5.97. The smallest absolute Gasteiger partial charge is 0.328 e. The van der Waals surface area contributed by atoms with Gasteiger partial charge in [-0.3, -0.25) is 9.78 Å². The highest BCUT2D eigenvalue weighted by molar-refractivity contribution is 5.95. The lowest BCUT2D eigenvalue weighted by molar-refractivity contribution is -0.142. The molecule has 1 unspecified atom stereocenters. The molecule has 0 aliphatic carbocycles. The summed E-state index contributed by atoms with van der Waals surface area (Å²) in [6.45, 7) is 0. The van der Waals surface area contributed by atoms with Crippen LogP contribution in [0.2, 0.25) is 0 Å². The highest BCUT2D eigenvalue weighted by Gasteiger charge is 2.23. The Kier molecular flexibility index (Phi) is 4.43. The van der Waals surface area contributed by atoms with Crippen molar-refractivity contribution in [3.63, 3.8) is 0 Å². The van der Waals surface area contributed by atoms with Crippen molar-refractivity contribution in [2.24, 2.45) is 0 Å². The summed E-state index contributed by atoms with van der Waals surface area (Å²) in [5.74, 6) is -0.954. The van der Waals surface area contributed by atoms with Gasteiger partial charge in [0.15, 0.2) is 0 Å². The van der Waals surface area contributed by atoms with Gasteiger partial charge in [-0.1, -0.05) is 6.07 Å². The number of hydrogen-bond acceptors (Lipinski definition) is 5. The van der Waals surface area contributed by atoms with E-state index in [0.717, 1.165) is 5.69 Å². The molecule has 2 aromatic rings. The van der Waals surface area contributed by atoms with Gasteiger partial charge in [0.1, 0.15) is 11.7 Å². The molecule has 0 saturated heterocycles. The molecular weight excluding hydrogens is 260 g/mol. The van der Waals surface area contributed by atoms with Crippen LogP contribution in [-0.4, -0.2) is 40.0 Å². The van der Waals surface area contributed by atoms with Crippen molar-refractivity contribution in [2.45, 2.75) is 12.5 Å². The zero-order valence-corrected chi connectivity index (χ0v) is 10.9. The Morgan fingerprint density at radius 2 is 2.30 bits per heavy atom. The van der Waals surface area contributed by atoms with E-state index >= 15 is 0 Å². The first-order chi connectivity index (χ1) is 9.70. The Morgan fingerprint density at radius 3 is 2.90 bits per heavy atom. The van der Waals surface area contributed by atoms with Crippen LogP contribution in [-0.2, 0) is 16.0 Å². The second-order valence-electron chi connectivity index (χ2n) is 4.05. The molecule has 2 N–H and O–H groups in total. The van der Waals surface area contributed by atoms with Crippen molar-refractivity contribution < 1.29 is 14.3 Å². The molecule has 0 aliphatic rings. The molecule has 0 spiro atoms. The zero-order valence-electron chi connectivity index (χ0n) is 10.9. The molecule has 2 rings (SSSR count). The number of rotatable bonds is 5. The predicted molar refractivity (Wildman–Crippen MR) is 69.8 cm³/mol. The topological polar surface area (TPSA) is 97.0 Å². The van der Waals surface area contributed by atoms with Gasteiger partial charge in [0, 0.05) is 24.5 Å². The Bertz CT molecular complexity index is 569. The van der Waals surface area contributed by atoms with Crippen molar-refractivity contribution in [2.75, 3.05) is 7.11 Å². The van der Waals surface area contributed by atoms with Crippen molar-refractivity contribution in [1.82, 2.24) is 20.3 Å². The average molecular weight is 274 g/mol. The number of carbonyl (C=O) groups is 2. The first-order valence-electron chi connectivity index (χ1n) is 5.97. The van der Waals surface area contributed by atoms with Crippen LogP contribution in [0.3, 0.4) is 0 Å². The summed E-state index contributed by atoms with van der Waals surface area (Å²) in [5, 5.41) is 2.60. The summed E-state index contributed by atoms with van der Waals surface area (Å²) < 4.78 is 4.69. The largest absolute Gasteiger partial charge is 0.467 e. The highest BCUT2D eigenvalue weighted by Crippen LogP contribution is 2.02. The molecule has 0 aliphatic heterocycles. The van der Waals surface area contributed by atoms with Crippen molar-refractivity contribution in [1.29, 1.82) is 0 Å². The van der Waals surface area contributed by atoms with Crippen LogP contribution in [0.25, 0.3) is 0 Å². The van der Waals surface area contributed by atoms with Crippen LogP contribution in [0.4, 0.5) is 0 Å². The number of carbonyl (C=O) groups excluding carboxylic acids is 2. The van der Waals surface area contributed by atoms with Gasteiger partial charge in [-0.15, -0.1) is 0 Å². The number of imidazole rings is 1. The molecule has 20 heavy (non-hydrogen) atoms. The Hall–Kier alpha value is -2.70. The Morgan fingerprint density at radius 1 is 1.45 bits per heavy atom. The zero-order chi connectivity index (χ0) is 14.4. The van der Waals surface area contributed by atoms with Gasteiger partial charge in [0.25, 0.3) is 5.91 Å². The van der Waals surface area contributed by atoms with E-state index in [-0.39, 0.29) is 12.1 Å². The maximum Gasteiger partial charge on any atom is 0.328 e. The summed E-state index contributed by atoms with van der Waals surface area (Å²) in [7, 11) is 1.27. The van der Waals surface area contributed by atoms with E-state index in [9.17, 15) is 9.59 Å². The molecule has 1 atom stereocenters. The fraction of sp³-hybridized carbons (Fsp3) is 0.231. The number of methoxy groups -OCH3 is 1. The van der Waals surface area contributed by atoms with Gasteiger partial charge in [-0.25, -0.2) is 9.78 Å². The van der Waals surface area contributed by atoms with Gasteiger partial charge < -0.3 is 15.0 Å². The number of pyridine rings is 1. The number of amides is 1. The minimum absolute atomic E-state index is 0.242. The molecule has 0 aromatic carbocycles.